The fourth-order valence-electron chi connectivity index (χ4n) is 3.24. The molecule has 0 aliphatic carbocycles. The Morgan fingerprint density at radius 1 is 1.17 bits per heavy atom. The Kier molecular flexibility index (Phi) is 11.7. The second-order valence-corrected chi connectivity index (χ2v) is 16.5. The summed E-state index contributed by atoms with van der Waals surface area (Å²) in [6.45, 7) is -10.1. The summed E-state index contributed by atoms with van der Waals surface area (Å²) in [5.74, 6) is -0.304. The van der Waals surface area contributed by atoms with Crippen LogP contribution in [0.1, 0.15) is 13.2 Å². The quantitative estimate of drug-likeness (QED) is 0.0489. The molecule has 0 spiro atoms. The molecule has 25 heteroatoms. The Labute approximate surface area is 230 Å². The minimum absolute atomic E-state index is 0.0935. The van der Waals surface area contributed by atoms with Gasteiger partial charge in [0.1, 0.15) is 36.6 Å². The SMILES string of the molecule is C[C@H](O)[C@@H](O)[C@@H](O)[C@H](O)C=O.Nc1nc2c(ncn2[C@@H]2O[C@H](C(O)O[S+](P(=O)([O-])O)P(=O)(O)O)[C@@H](O)[C@H]2O)c(=O)[nH]1. The second-order valence-electron chi connectivity index (χ2n) is 8.27. The van der Waals surface area contributed by atoms with Gasteiger partial charge in [-0.05, 0) is 6.92 Å². The number of carbonyl (C=O) groups is 1. The first-order chi connectivity index (χ1) is 18.7. The van der Waals surface area contributed by atoms with E-state index in [1.165, 1.54) is 6.92 Å². The summed E-state index contributed by atoms with van der Waals surface area (Å²) in [5.41, 5.74) is 4.36. The van der Waals surface area contributed by atoms with E-state index < -0.39 is 84.8 Å². The number of aliphatic hydroxyl groups is 7. The van der Waals surface area contributed by atoms with Crippen LogP contribution in [0.25, 0.3) is 11.2 Å². The summed E-state index contributed by atoms with van der Waals surface area (Å²) in [6, 6.07) is 0. The zero-order chi connectivity index (χ0) is 31.6. The highest BCUT2D eigenvalue weighted by atomic mass is 33.1. The van der Waals surface area contributed by atoms with Gasteiger partial charge in [0.25, 0.3) is 5.56 Å². The van der Waals surface area contributed by atoms with Gasteiger partial charge >= 0.3 is 24.0 Å². The maximum Gasteiger partial charge on any atom is 0.576 e. The van der Waals surface area contributed by atoms with E-state index in [0.717, 1.165) is 10.9 Å². The number of hydrogen-bond acceptors (Lipinski definition) is 17. The molecule has 1 aliphatic rings. The highest BCUT2D eigenvalue weighted by Crippen LogP contribution is 2.63. The van der Waals surface area contributed by atoms with Crippen molar-refractivity contribution in [3.05, 3.63) is 16.7 Å². The Balaban J connectivity index is 0.000000454. The van der Waals surface area contributed by atoms with Crippen LogP contribution >= 0.6 is 13.6 Å². The first-order valence-electron chi connectivity index (χ1n) is 10.8. The van der Waals surface area contributed by atoms with E-state index in [1.807, 2.05) is 0 Å². The zero-order valence-electron chi connectivity index (χ0n) is 20.4. The highest BCUT2D eigenvalue weighted by molar-refractivity contribution is 8.78. The van der Waals surface area contributed by atoms with Gasteiger partial charge in [-0.3, -0.25) is 24.1 Å². The predicted molar refractivity (Wildman–Crippen MR) is 131 cm³/mol. The van der Waals surface area contributed by atoms with Crippen LogP contribution in [0.2, 0.25) is 0 Å². The number of H-pyrrole nitrogens is 1. The Morgan fingerprint density at radius 3 is 2.24 bits per heavy atom. The molecule has 2 aromatic rings. The van der Waals surface area contributed by atoms with Crippen molar-refractivity contribution in [3.8, 4) is 0 Å². The average molecular weight is 655 g/mol. The molecule has 13 N–H and O–H groups in total. The number of hydrogen-bond donors (Lipinski definition) is 12. The van der Waals surface area contributed by atoms with Crippen molar-refractivity contribution in [2.45, 2.75) is 62.2 Å². The molecule has 0 aromatic carbocycles. The molecule has 11 atom stereocenters. The van der Waals surface area contributed by atoms with Gasteiger partial charge in [0, 0.05) is 0 Å². The van der Waals surface area contributed by atoms with Crippen LogP contribution < -0.4 is 16.2 Å². The molecule has 0 amide bonds. The van der Waals surface area contributed by atoms with Crippen molar-refractivity contribution < 1.29 is 78.2 Å². The number of nitrogen functional groups attached to an aromatic ring is 1. The van der Waals surface area contributed by atoms with E-state index in [9.17, 15) is 38.9 Å². The van der Waals surface area contributed by atoms with Crippen molar-refractivity contribution in [1.29, 1.82) is 0 Å². The summed E-state index contributed by atoms with van der Waals surface area (Å²) >= 11 is 0. The van der Waals surface area contributed by atoms with Crippen LogP contribution in [0.4, 0.5) is 5.95 Å². The molecule has 0 saturated carbocycles. The number of aromatic amines is 1. The fraction of sp³-hybridized carbons (Fsp3) is 0.625. The maximum atomic E-state index is 11.8. The number of aldehydes is 1. The van der Waals surface area contributed by atoms with Gasteiger partial charge in [0.15, 0.2) is 23.7 Å². The van der Waals surface area contributed by atoms with Gasteiger partial charge in [-0.25, -0.2) is 14.1 Å². The van der Waals surface area contributed by atoms with Gasteiger partial charge in [-0.15, -0.1) is 4.18 Å². The van der Waals surface area contributed by atoms with Crippen molar-refractivity contribution in [3.63, 3.8) is 0 Å². The number of aromatic nitrogens is 4. The molecule has 1 saturated heterocycles. The molecule has 3 unspecified atom stereocenters. The first kappa shape index (κ1) is 35.3. The third-order valence-corrected chi connectivity index (χ3v) is 13.1. The molecular formula is C16H27N5O17P2S. The molecular weight excluding hydrogens is 628 g/mol. The van der Waals surface area contributed by atoms with E-state index in [0.29, 0.717) is 0 Å². The minimum atomic E-state index is -5.78. The number of ether oxygens (including phenoxy) is 1. The lowest BCUT2D eigenvalue weighted by atomic mass is 10.1. The zero-order valence-corrected chi connectivity index (χ0v) is 23.0. The van der Waals surface area contributed by atoms with Crippen LogP contribution in [0, 0.1) is 0 Å². The number of anilines is 1. The summed E-state index contributed by atoms with van der Waals surface area (Å²) in [4.78, 5) is 69.7. The molecule has 22 nitrogen and oxygen atoms in total. The lowest BCUT2D eigenvalue weighted by Crippen LogP contribution is -2.43. The van der Waals surface area contributed by atoms with Crippen LogP contribution in [-0.2, 0) is 33.3 Å². The van der Waals surface area contributed by atoms with Gasteiger partial charge in [-0.1, -0.05) is 0 Å². The van der Waals surface area contributed by atoms with E-state index >= 15 is 0 Å². The predicted octanol–water partition coefficient (Wildman–Crippen LogP) is -6.61. The Bertz CT molecular complexity index is 1330. The van der Waals surface area contributed by atoms with Crippen molar-refractivity contribution >= 4 is 47.4 Å². The maximum absolute atomic E-state index is 11.8. The van der Waals surface area contributed by atoms with Crippen molar-refractivity contribution in [1.82, 2.24) is 19.5 Å². The molecule has 0 radical (unpaired) electrons. The third-order valence-electron chi connectivity index (χ3n) is 5.20. The number of fused-ring (bicyclic) bond motifs is 1. The molecule has 1 aliphatic heterocycles. The van der Waals surface area contributed by atoms with Gasteiger partial charge < -0.3 is 60.8 Å². The molecule has 3 heterocycles. The summed E-state index contributed by atoms with van der Waals surface area (Å²) in [6.07, 6.45) is -14.7. The molecule has 1 fully saturated rings. The van der Waals surface area contributed by atoms with Crippen molar-refractivity contribution in [2.24, 2.45) is 0 Å². The largest absolute Gasteiger partial charge is 0.734 e. The van der Waals surface area contributed by atoms with E-state index in [-0.39, 0.29) is 23.4 Å². The van der Waals surface area contributed by atoms with E-state index in [1.54, 1.807) is 0 Å². The average Bonchev–Trinajstić information content (AvgIpc) is 3.40. The molecule has 3 rings (SSSR count). The third kappa shape index (κ3) is 8.36. The van der Waals surface area contributed by atoms with E-state index in [2.05, 4.69) is 19.1 Å². The van der Waals surface area contributed by atoms with Gasteiger partial charge in [0.05, 0.1) is 12.4 Å². The van der Waals surface area contributed by atoms with Crippen LogP contribution in [0.3, 0.4) is 0 Å². The second kappa shape index (κ2) is 13.6. The first-order valence-corrected chi connectivity index (χ1v) is 16.4. The fourth-order valence-corrected chi connectivity index (χ4v) is 8.43. The summed E-state index contributed by atoms with van der Waals surface area (Å²) < 4.78 is 33.0. The summed E-state index contributed by atoms with van der Waals surface area (Å²) in [5, 5.41) is 65.5. The Morgan fingerprint density at radius 2 is 1.76 bits per heavy atom. The highest BCUT2D eigenvalue weighted by Gasteiger charge is 2.57. The molecule has 234 valence electrons. The topological polar surface area (TPSA) is 385 Å². The molecule has 0 bridgehead atoms. The van der Waals surface area contributed by atoms with Crippen molar-refractivity contribution in [2.75, 3.05) is 5.73 Å². The lowest BCUT2D eigenvalue weighted by Gasteiger charge is -2.22. The standard InChI is InChI=1S/C10H15N5O12P2S.C6H12O5/c11-10-13-6-2(7(18)14-10)12-1-15(6)8-4(17)3(16)5(26-8)9(19)27-30(28(20,21)22)29(23,24)25;1-3(8)5(10)6(11)4(9)2-7/h1,3-5,8-9,16-17,19H,(H6-,11,13,14,18,20,21,22,23,24,25);2-6,8-11H,1H3/t3-,4+,5-,8+,9?;3-,4+,5+,6-/m00/s1. The van der Waals surface area contributed by atoms with Gasteiger partial charge in [-0.2, -0.15) is 4.98 Å². The van der Waals surface area contributed by atoms with Crippen LogP contribution in [-0.4, -0.2) is 125 Å². The van der Waals surface area contributed by atoms with Crippen LogP contribution in [0.15, 0.2) is 11.1 Å². The number of imidazole rings is 1. The smallest absolute Gasteiger partial charge is 0.576 e. The van der Waals surface area contributed by atoms with Gasteiger partial charge in [0.2, 0.25) is 12.2 Å². The monoisotopic (exact) mass is 655 g/mol. The normalized spacial score (nSPS) is 27.1. The number of nitrogens with one attached hydrogen (secondary N) is 1. The molecule has 41 heavy (non-hydrogen) atoms. The number of carbonyl (C=O) groups excluding carboxylic acids is 1. The number of rotatable bonds is 10. The van der Waals surface area contributed by atoms with E-state index in [4.69, 9.17) is 45.6 Å². The minimum Gasteiger partial charge on any atom is -0.734 e. The number of nitrogens with two attached hydrogens (primary N) is 1. The van der Waals surface area contributed by atoms with Crippen LogP contribution in [0.5, 0.6) is 0 Å². The number of nitrogens with zero attached hydrogens (tertiary/aromatic N) is 3. The lowest BCUT2D eigenvalue weighted by molar-refractivity contribution is -0.187. The Hall–Kier alpha value is -1.89. The summed E-state index contributed by atoms with van der Waals surface area (Å²) in [7, 11) is -3.48. The molecule has 2 aromatic heterocycles. The number of aliphatic hydroxyl groups excluding tert-OH is 7.